The number of sulfonamides is 1. The molecule has 1 heterocycles. The number of nitrogens with one attached hydrogen (secondary N) is 1. The van der Waals surface area contributed by atoms with E-state index >= 15 is 0 Å². The van der Waals surface area contributed by atoms with Crippen molar-refractivity contribution in [1.82, 2.24) is 4.31 Å². The summed E-state index contributed by atoms with van der Waals surface area (Å²) in [4.78, 5) is 0.290. The first kappa shape index (κ1) is 22.2. The minimum atomic E-state index is -3.56. The molecule has 0 bridgehead atoms. The fourth-order valence-electron chi connectivity index (χ4n) is 3.81. The number of hydrogen-bond acceptors (Lipinski definition) is 4. The second-order valence-corrected chi connectivity index (χ2v) is 9.55. The smallest absolute Gasteiger partial charge is 0.387 e. The summed E-state index contributed by atoms with van der Waals surface area (Å²) in [5, 5.41) is 3.33. The Labute approximate surface area is 186 Å². The first-order valence-electron chi connectivity index (χ1n) is 10.4. The predicted octanol–water partition coefficient (Wildman–Crippen LogP) is 5.22. The van der Waals surface area contributed by atoms with Gasteiger partial charge in [-0.15, -0.1) is 0 Å². The van der Waals surface area contributed by atoms with Gasteiger partial charge in [0.05, 0.1) is 4.90 Å². The number of nitrogens with zero attached hydrogens (tertiary/aromatic N) is 1. The first-order valence-corrected chi connectivity index (χ1v) is 11.8. The quantitative estimate of drug-likeness (QED) is 0.527. The van der Waals surface area contributed by atoms with Crippen LogP contribution in [0.5, 0.6) is 5.75 Å². The second kappa shape index (κ2) is 9.67. The molecule has 3 aromatic rings. The lowest BCUT2D eigenvalue weighted by Gasteiger charge is -2.32. The van der Waals surface area contributed by atoms with E-state index in [-0.39, 0.29) is 11.8 Å². The topological polar surface area (TPSA) is 58.6 Å². The van der Waals surface area contributed by atoms with Gasteiger partial charge in [-0.1, -0.05) is 42.5 Å². The van der Waals surface area contributed by atoms with Crippen LogP contribution in [0.4, 0.5) is 14.5 Å². The van der Waals surface area contributed by atoms with Gasteiger partial charge in [0.1, 0.15) is 5.75 Å². The number of alkyl halides is 2. The van der Waals surface area contributed by atoms with Crippen LogP contribution >= 0.6 is 0 Å². The summed E-state index contributed by atoms with van der Waals surface area (Å²) < 4.78 is 56.5. The van der Waals surface area contributed by atoms with Gasteiger partial charge in [-0.3, -0.25) is 0 Å². The highest BCUT2D eigenvalue weighted by molar-refractivity contribution is 7.89. The standard InChI is InChI=1S/C24H24F2N2O3S/c25-24(26)31-22-10-8-20(9-11-22)27-21-14-16-28(17-15-21)32(29,30)23-12-6-19(7-13-23)18-4-2-1-3-5-18/h1-13,21,24,27H,14-17H2. The number of halogens is 2. The summed E-state index contributed by atoms with van der Waals surface area (Å²) in [5.41, 5.74) is 2.79. The largest absolute Gasteiger partial charge is 0.435 e. The van der Waals surface area contributed by atoms with Crippen molar-refractivity contribution in [1.29, 1.82) is 0 Å². The molecule has 0 saturated carbocycles. The number of benzene rings is 3. The van der Waals surface area contributed by atoms with Gasteiger partial charge in [0.2, 0.25) is 10.0 Å². The van der Waals surface area contributed by atoms with Gasteiger partial charge in [-0.25, -0.2) is 8.42 Å². The second-order valence-electron chi connectivity index (χ2n) is 7.62. The number of anilines is 1. The highest BCUT2D eigenvalue weighted by Crippen LogP contribution is 2.26. The summed E-state index contributed by atoms with van der Waals surface area (Å²) in [6.07, 6.45) is 1.30. The Bertz CT molecular complexity index is 1110. The number of piperidine rings is 1. The molecule has 0 spiro atoms. The molecule has 5 nitrogen and oxygen atoms in total. The molecule has 1 fully saturated rings. The maximum atomic E-state index is 13.1. The number of rotatable bonds is 7. The average Bonchev–Trinajstić information content (AvgIpc) is 2.81. The van der Waals surface area contributed by atoms with Crippen molar-refractivity contribution in [2.75, 3.05) is 18.4 Å². The molecule has 3 aromatic carbocycles. The molecule has 1 N–H and O–H groups in total. The van der Waals surface area contributed by atoms with Crippen molar-refractivity contribution in [3.63, 3.8) is 0 Å². The molecule has 0 atom stereocenters. The highest BCUT2D eigenvalue weighted by Gasteiger charge is 2.29. The lowest BCUT2D eigenvalue weighted by Crippen LogP contribution is -2.42. The molecular formula is C24H24F2N2O3S. The van der Waals surface area contributed by atoms with Crippen LogP contribution in [0.15, 0.2) is 83.8 Å². The Kier molecular flexibility index (Phi) is 6.72. The minimum Gasteiger partial charge on any atom is -0.435 e. The third-order valence-corrected chi connectivity index (χ3v) is 7.42. The maximum absolute atomic E-state index is 13.1. The van der Waals surface area contributed by atoms with Crippen molar-refractivity contribution in [3.8, 4) is 16.9 Å². The van der Waals surface area contributed by atoms with Crippen LogP contribution in [0.2, 0.25) is 0 Å². The monoisotopic (exact) mass is 458 g/mol. The van der Waals surface area contributed by atoms with Gasteiger partial charge in [0, 0.05) is 24.8 Å². The summed E-state index contributed by atoms with van der Waals surface area (Å²) in [6.45, 7) is -2.03. The van der Waals surface area contributed by atoms with Crippen molar-refractivity contribution in [2.45, 2.75) is 30.4 Å². The normalized spacial score (nSPS) is 15.6. The van der Waals surface area contributed by atoms with E-state index in [1.165, 1.54) is 16.4 Å². The molecule has 32 heavy (non-hydrogen) atoms. The van der Waals surface area contributed by atoms with E-state index in [9.17, 15) is 17.2 Å². The predicted molar refractivity (Wildman–Crippen MR) is 120 cm³/mol. The van der Waals surface area contributed by atoms with Crippen LogP contribution in [0.25, 0.3) is 11.1 Å². The molecule has 0 amide bonds. The van der Waals surface area contributed by atoms with E-state index in [0.717, 1.165) is 16.8 Å². The maximum Gasteiger partial charge on any atom is 0.387 e. The zero-order chi connectivity index (χ0) is 22.6. The van der Waals surface area contributed by atoms with Gasteiger partial charge >= 0.3 is 6.61 Å². The zero-order valence-electron chi connectivity index (χ0n) is 17.3. The molecule has 0 aliphatic carbocycles. The number of ether oxygens (including phenoxy) is 1. The van der Waals surface area contributed by atoms with Gasteiger partial charge in [-0.2, -0.15) is 13.1 Å². The molecule has 0 aromatic heterocycles. The minimum absolute atomic E-state index is 0.101. The zero-order valence-corrected chi connectivity index (χ0v) is 18.1. The Hall–Kier alpha value is -2.97. The van der Waals surface area contributed by atoms with Crippen LogP contribution in [0.3, 0.4) is 0 Å². The van der Waals surface area contributed by atoms with Crippen LogP contribution in [-0.4, -0.2) is 38.5 Å². The van der Waals surface area contributed by atoms with Crippen LogP contribution in [0.1, 0.15) is 12.8 Å². The molecule has 1 aliphatic heterocycles. The summed E-state index contributed by atoms with van der Waals surface area (Å²) >= 11 is 0. The Balaban J connectivity index is 1.35. The molecule has 168 valence electrons. The van der Waals surface area contributed by atoms with Gasteiger partial charge in [-0.05, 0) is 60.4 Å². The van der Waals surface area contributed by atoms with E-state index in [4.69, 9.17) is 0 Å². The Morgan fingerprint density at radius 2 is 1.44 bits per heavy atom. The Morgan fingerprint density at radius 1 is 0.844 bits per heavy atom. The third kappa shape index (κ3) is 5.26. The van der Waals surface area contributed by atoms with Crippen LogP contribution in [-0.2, 0) is 10.0 Å². The van der Waals surface area contributed by atoms with E-state index in [0.29, 0.717) is 30.8 Å². The molecule has 0 radical (unpaired) electrons. The SMILES string of the molecule is O=S(=O)(c1ccc(-c2ccccc2)cc1)N1CCC(Nc2ccc(OC(F)F)cc2)CC1. The molecule has 8 heteroatoms. The molecule has 1 aliphatic rings. The van der Waals surface area contributed by atoms with Crippen LogP contribution < -0.4 is 10.1 Å². The fourth-order valence-corrected chi connectivity index (χ4v) is 5.28. The molecule has 0 unspecified atom stereocenters. The lowest BCUT2D eigenvalue weighted by molar-refractivity contribution is -0.0498. The van der Waals surface area contributed by atoms with E-state index in [1.54, 1.807) is 24.3 Å². The van der Waals surface area contributed by atoms with E-state index in [1.807, 2.05) is 42.5 Å². The van der Waals surface area contributed by atoms with E-state index in [2.05, 4.69) is 10.1 Å². The fraction of sp³-hybridized carbons (Fsp3) is 0.250. The van der Waals surface area contributed by atoms with E-state index < -0.39 is 16.6 Å². The Morgan fingerprint density at radius 3 is 2.03 bits per heavy atom. The summed E-state index contributed by atoms with van der Waals surface area (Å²) in [7, 11) is -3.56. The third-order valence-electron chi connectivity index (χ3n) is 5.50. The number of hydrogen-bond donors (Lipinski definition) is 1. The summed E-state index contributed by atoms with van der Waals surface area (Å²) in [6, 6.07) is 23.2. The van der Waals surface area contributed by atoms with Gasteiger partial charge in [0.15, 0.2) is 0 Å². The van der Waals surface area contributed by atoms with Crippen molar-refractivity contribution in [2.24, 2.45) is 0 Å². The lowest BCUT2D eigenvalue weighted by atomic mass is 10.1. The van der Waals surface area contributed by atoms with Crippen LogP contribution in [0, 0.1) is 0 Å². The van der Waals surface area contributed by atoms with Crippen molar-refractivity contribution >= 4 is 15.7 Å². The van der Waals surface area contributed by atoms with Crippen molar-refractivity contribution < 1.29 is 21.9 Å². The van der Waals surface area contributed by atoms with Gasteiger partial charge < -0.3 is 10.1 Å². The molecular weight excluding hydrogens is 434 g/mol. The van der Waals surface area contributed by atoms with Crippen molar-refractivity contribution in [3.05, 3.63) is 78.9 Å². The van der Waals surface area contributed by atoms with Gasteiger partial charge in [0.25, 0.3) is 0 Å². The highest BCUT2D eigenvalue weighted by atomic mass is 32.2. The summed E-state index contributed by atoms with van der Waals surface area (Å²) in [5.74, 6) is 0.102. The average molecular weight is 459 g/mol. The molecule has 1 saturated heterocycles. The first-order chi connectivity index (χ1) is 15.4. The molecule has 4 rings (SSSR count).